The van der Waals surface area contributed by atoms with E-state index >= 15 is 0 Å². The molecule has 0 bridgehead atoms. The van der Waals surface area contributed by atoms with Crippen LogP contribution >= 0.6 is 15.9 Å². The van der Waals surface area contributed by atoms with Crippen molar-refractivity contribution in [2.45, 2.75) is 38.0 Å². The molecule has 7 nitrogen and oxygen atoms in total. The van der Waals surface area contributed by atoms with Gasteiger partial charge in [-0.2, -0.15) is 0 Å². The topological polar surface area (TPSA) is 92.2 Å². The Kier molecular flexibility index (Phi) is 10.7. The Morgan fingerprint density at radius 2 is 1.58 bits per heavy atom. The Bertz CT molecular complexity index is 1860. The first-order chi connectivity index (χ1) is 23.4. The molecule has 0 aliphatic carbocycles. The zero-order valence-corrected chi connectivity index (χ0v) is 28.3. The first-order valence-corrected chi connectivity index (χ1v) is 16.8. The summed E-state index contributed by atoms with van der Waals surface area (Å²) in [5.74, 6) is 0.744. The second kappa shape index (κ2) is 15.4. The van der Waals surface area contributed by atoms with Crippen molar-refractivity contribution in [1.29, 1.82) is 0 Å². The molecule has 1 amide bonds. The molecule has 1 aliphatic rings. The van der Waals surface area contributed by atoms with Crippen LogP contribution in [0.4, 0.5) is 0 Å². The number of aliphatic imine (C=N–C) groups is 1. The molecule has 1 heterocycles. The fourth-order valence-electron chi connectivity index (χ4n) is 5.85. The number of hydrazine groups is 1. The highest BCUT2D eigenvalue weighted by atomic mass is 79.9. The summed E-state index contributed by atoms with van der Waals surface area (Å²) >= 11 is 3.71. The number of nitrogens with zero attached hydrogens (tertiary/aromatic N) is 1. The number of nitrogens with one attached hydrogen (secondary N) is 2. The molecule has 5 aromatic rings. The van der Waals surface area contributed by atoms with Gasteiger partial charge in [0.15, 0.2) is 11.6 Å². The van der Waals surface area contributed by atoms with Crippen molar-refractivity contribution in [2.24, 2.45) is 4.99 Å². The van der Waals surface area contributed by atoms with E-state index in [1.165, 1.54) is 0 Å². The number of aliphatic hydroxyl groups excluding tert-OH is 1. The van der Waals surface area contributed by atoms with Gasteiger partial charge in [0.05, 0.1) is 6.61 Å². The van der Waals surface area contributed by atoms with Crippen molar-refractivity contribution >= 4 is 27.7 Å². The van der Waals surface area contributed by atoms with Gasteiger partial charge in [-0.3, -0.25) is 10.2 Å². The minimum absolute atomic E-state index is 0.0674. The molecule has 8 heteroatoms. The van der Waals surface area contributed by atoms with Crippen LogP contribution in [0.25, 0.3) is 11.1 Å². The van der Waals surface area contributed by atoms with E-state index in [2.05, 4.69) is 57.1 Å². The molecular formula is C40H38BrN3O4. The maximum Gasteiger partial charge on any atom is 0.266 e. The normalized spacial score (nSPS) is 17.0. The van der Waals surface area contributed by atoms with Gasteiger partial charge in [-0.15, -0.1) is 0 Å². The minimum Gasteiger partial charge on any atom is -0.494 e. The third kappa shape index (κ3) is 7.68. The molecule has 0 unspecified atom stereocenters. The van der Waals surface area contributed by atoms with Crippen LogP contribution < -0.4 is 15.6 Å². The lowest BCUT2D eigenvalue weighted by molar-refractivity contribution is -0.130. The Balaban J connectivity index is 1.38. The van der Waals surface area contributed by atoms with Crippen LogP contribution in [0.15, 0.2) is 137 Å². The first kappa shape index (κ1) is 33.2. The van der Waals surface area contributed by atoms with E-state index in [4.69, 9.17) is 19.6 Å². The second-order valence-corrected chi connectivity index (χ2v) is 12.7. The molecule has 0 saturated heterocycles. The number of aryl methyl sites for hydroxylation is 1. The Morgan fingerprint density at radius 3 is 2.31 bits per heavy atom. The summed E-state index contributed by atoms with van der Waals surface area (Å²) in [6.45, 7) is 2.98. The van der Waals surface area contributed by atoms with Crippen molar-refractivity contribution in [1.82, 2.24) is 10.9 Å². The molecule has 0 spiro atoms. The number of carbonyl (C=O) groups excluding carboxylic acids is 1. The van der Waals surface area contributed by atoms with Gasteiger partial charge in [-0.1, -0.05) is 119 Å². The second-order valence-electron chi connectivity index (χ2n) is 11.8. The van der Waals surface area contributed by atoms with Crippen LogP contribution in [-0.4, -0.2) is 35.7 Å². The Morgan fingerprint density at radius 1 is 0.875 bits per heavy atom. The van der Waals surface area contributed by atoms with Crippen molar-refractivity contribution in [3.05, 3.63) is 160 Å². The highest BCUT2D eigenvalue weighted by Gasteiger charge is 2.53. The van der Waals surface area contributed by atoms with Gasteiger partial charge in [0.25, 0.3) is 5.91 Å². The molecule has 1 aliphatic heterocycles. The zero-order valence-electron chi connectivity index (χ0n) is 26.7. The number of hydrogen-bond donors (Lipinski definition) is 3. The predicted molar refractivity (Wildman–Crippen MR) is 193 cm³/mol. The van der Waals surface area contributed by atoms with E-state index in [1.54, 1.807) is 0 Å². The molecular weight excluding hydrogens is 666 g/mol. The average Bonchev–Trinajstić information content (AvgIpc) is 3.50. The highest BCUT2D eigenvalue weighted by molar-refractivity contribution is 9.10. The zero-order chi connectivity index (χ0) is 33.3. The monoisotopic (exact) mass is 703 g/mol. The number of aliphatic hydroxyl groups is 1. The molecule has 244 valence electrons. The van der Waals surface area contributed by atoms with E-state index in [0.29, 0.717) is 31.2 Å². The van der Waals surface area contributed by atoms with Crippen LogP contribution in [-0.2, 0) is 22.5 Å². The highest BCUT2D eigenvalue weighted by Crippen LogP contribution is 2.43. The molecule has 2 atom stereocenters. The summed E-state index contributed by atoms with van der Waals surface area (Å²) < 4.78 is 13.3. The average molecular weight is 705 g/mol. The van der Waals surface area contributed by atoms with E-state index in [1.807, 2.05) is 104 Å². The largest absolute Gasteiger partial charge is 0.494 e. The third-order valence-electron chi connectivity index (χ3n) is 8.35. The lowest BCUT2D eigenvalue weighted by Crippen LogP contribution is -2.53. The fraction of sp³-hybridized carbons (Fsp3) is 0.200. The summed E-state index contributed by atoms with van der Waals surface area (Å²) in [7, 11) is 0. The summed E-state index contributed by atoms with van der Waals surface area (Å²) in [5, 5.41) is 9.11. The van der Waals surface area contributed by atoms with E-state index < -0.39 is 11.6 Å². The molecule has 0 radical (unpaired) electrons. The van der Waals surface area contributed by atoms with Crippen LogP contribution in [0.1, 0.15) is 40.3 Å². The van der Waals surface area contributed by atoms with Gasteiger partial charge >= 0.3 is 0 Å². The number of ether oxygens (including phenoxy) is 2. The Hall–Kier alpha value is -4.76. The van der Waals surface area contributed by atoms with Crippen molar-refractivity contribution < 1.29 is 19.4 Å². The van der Waals surface area contributed by atoms with Gasteiger partial charge in [-0.25, -0.2) is 10.4 Å². The third-order valence-corrected chi connectivity index (χ3v) is 9.12. The van der Waals surface area contributed by atoms with Crippen molar-refractivity contribution in [3.63, 3.8) is 0 Å². The lowest BCUT2D eigenvalue weighted by atomic mass is 9.82. The maximum atomic E-state index is 14.6. The van der Waals surface area contributed by atoms with E-state index in [-0.39, 0.29) is 18.9 Å². The van der Waals surface area contributed by atoms with Crippen LogP contribution in [0.5, 0.6) is 5.75 Å². The van der Waals surface area contributed by atoms with Crippen molar-refractivity contribution in [3.8, 4) is 16.9 Å². The number of halogens is 1. The molecule has 0 aromatic heterocycles. The number of amides is 1. The molecule has 6 rings (SSSR count). The van der Waals surface area contributed by atoms with Crippen LogP contribution in [0.2, 0.25) is 0 Å². The summed E-state index contributed by atoms with van der Waals surface area (Å²) in [4.78, 5) is 19.7. The van der Waals surface area contributed by atoms with Gasteiger partial charge in [0.1, 0.15) is 5.75 Å². The molecule has 0 fully saturated rings. The van der Waals surface area contributed by atoms with Crippen molar-refractivity contribution in [2.75, 3.05) is 13.2 Å². The number of rotatable bonds is 13. The number of benzene rings is 5. The predicted octanol–water partition coefficient (Wildman–Crippen LogP) is 7.51. The number of carbonyl (C=O) groups is 1. The van der Waals surface area contributed by atoms with Gasteiger partial charge in [-0.05, 0) is 65.1 Å². The van der Waals surface area contributed by atoms with Gasteiger partial charge in [0.2, 0.25) is 5.90 Å². The quantitative estimate of drug-likeness (QED) is 0.0873. The first-order valence-electron chi connectivity index (χ1n) is 16.0. The minimum atomic E-state index is -1.36. The fourth-order valence-corrected chi connectivity index (χ4v) is 6.28. The van der Waals surface area contributed by atoms with Crippen LogP contribution in [0, 0.1) is 6.92 Å². The molecule has 5 aromatic carbocycles. The summed E-state index contributed by atoms with van der Waals surface area (Å²) in [5.41, 5.74) is 11.6. The van der Waals surface area contributed by atoms with Gasteiger partial charge in [0, 0.05) is 36.0 Å². The van der Waals surface area contributed by atoms with Crippen LogP contribution in [0.3, 0.4) is 0 Å². The molecule has 0 saturated carbocycles. The van der Waals surface area contributed by atoms with E-state index in [9.17, 15) is 4.79 Å². The smallest absolute Gasteiger partial charge is 0.266 e. The van der Waals surface area contributed by atoms with E-state index in [0.717, 1.165) is 43.4 Å². The molecule has 48 heavy (non-hydrogen) atoms. The summed E-state index contributed by atoms with van der Waals surface area (Å²) in [6, 6.07) is 41.8. The lowest BCUT2D eigenvalue weighted by Gasteiger charge is -2.31. The molecule has 3 N–H and O–H groups in total. The standard InChI is InChI=1S/C40H38BrN3O4/c1-28-9-7-10-29(25-28)27-42-44-39(46)40(26-34-13-5-6-14-36(34)41)37(32-17-15-31(16-18-32)30-11-3-2-4-12-30)48-38(43-40)33-19-21-35(22-20-33)47-24-8-23-45/h2-7,9-22,25,37,42,45H,8,23-24,26-27H2,1H3,(H,44,46)/t37-,40-/m0/s1. The summed E-state index contributed by atoms with van der Waals surface area (Å²) in [6.07, 6.45) is 0.0988. The SMILES string of the molecule is Cc1cccc(CNNC(=O)[C@@]2(Cc3ccccc3Br)N=C(c3ccc(OCCCO)cc3)O[C@H]2c2ccc(-c3ccccc3)cc2)c1. The Labute approximate surface area is 289 Å². The van der Waals surface area contributed by atoms with Gasteiger partial charge < -0.3 is 14.6 Å². The maximum absolute atomic E-state index is 14.6. The number of hydrogen-bond acceptors (Lipinski definition) is 6.